The van der Waals surface area contributed by atoms with Crippen molar-refractivity contribution in [3.63, 3.8) is 0 Å². The molecule has 0 saturated carbocycles. The number of halogens is 1. The van der Waals surface area contributed by atoms with Crippen molar-refractivity contribution >= 4 is 39.3 Å². The SMILES string of the molecule is CCCCNC(=O)[C@H]1CSC(c2ccc(OC)c(OC)c2)N1S(=O)(=O)c1ccc(Cl)cc1. The van der Waals surface area contributed by atoms with Gasteiger partial charge in [-0.25, -0.2) is 8.42 Å². The monoisotopic (exact) mass is 498 g/mol. The third-order valence-corrected chi connectivity index (χ3v) is 8.76. The van der Waals surface area contributed by atoms with Crippen LogP contribution < -0.4 is 14.8 Å². The summed E-state index contributed by atoms with van der Waals surface area (Å²) in [6.45, 7) is 2.54. The number of rotatable bonds is 9. The van der Waals surface area contributed by atoms with Crippen LogP contribution in [0.2, 0.25) is 5.02 Å². The van der Waals surface area contributed by atoms with Gasteiger partial charge in [-0.3, -0.25) is 4.79 Å². The number of methoxy groups -OCH3 is 2. The van der Waals surface area contributed by atoms with Crippen LogP contribution in [-0.2, 0) is 14.8 Å². The molecule has 2 aromatic carbocycles. The van der Waals surface area contributed by atoms with Gasteiger partial charge in [0.2, 0.25) is 15.9 Å². The van der Waals surface area contributed by atoms with Crippen molar-refractivity contribution in [2.75, 3.05) is 26.5 Å². The number of carbonyl (C=O) groups excluding carboxylic acids is 1. The number of nitrogens with one attached hydrogen (secondary N) is 1. The van der Waals surface area contributed by atoms with Gasteiger partial charge in [0, 0.05) is 17.3 Å². The van der Waals surface area contributed by atoms with Crippen LogP contribution in [0, 0.1) is 0 Å². The number of hydrogen-bond donors (Lipinski definition) is 1. The lowest BCUT2D eigenvalue weighted by atomic mass is 10.2. The van der Waals surface area contributed by atoms with Gasteiger partial charge in [0.15, 0.2) is 11.5 Å². The van der Waals surface area contributed by atoms with Crippen LogP contribution in [0.15, 0.2) is 47.4 Å². The van der Waals surface area contributed by atoms with Gasteiger partial charge in [-0.2, -0.15) is 4.31 Å². The molecule has 10 heteroatoms. The van der Waals surface area contributed by atoms with E-state index in [1.165, 1.54) is 54.6 Å². The number of ether oxygens (including phenoxy) is 2. The van der Waals surface area contributed by atoms with Crippen LogP contribution in [0.25, 0.3) is 0 Å². The van der Waals surface area contributed by atoms with E-state index in [1.807, 2.05) is 6.92 Å². The molecule has 1 heterocycles. The zero-order valence-electron chi connectivity index (χ0n) is 18.2. The molecule has 32 heavy (non-hydrogen) atoms. The maximum absolute atomic E-state index is 13.7. The van der Waals surface area contributed by atoms with Crippen LogP contribution in [-0.4, -0.2) is 51.2 Å². The second-order valence-electron chi connectivity index (χ2n) is 7.25. The van der Waals surface area contributed by atoms with Crippen LogP contribution in [0.3, 0.4) is 0 Å². The summed E-state index contributed by atoms with van der Waals surface area (Å²) in [6.07, 6.45) is 1.76. The van der Waals surface area contributed by atoms with E-state index in [1.54, 1.807) is 18.2 Å². The number of amides is 1. The first kappa shape index (κ1) is 24.7. The Balaban J connectivity index is 2.03. The molecule has 0 radical (unpaired) electrons. The average molecular weight is 499 g/mol. The molecule has 1 fully saturated rings. The number of benzene rings is 2. The molecular formula is C22H27ClN2O5S2. The topological polar surface area (TPSA) is 84.9 Å². The molecule has 3 rings (SSSR count). The lowest BCUT2D eigenvalue weighted by molar-refractivity contribution is -0.124. The van der Waals surface area contributed by atoms with E-state index in [2.05, 4.69) is 5.32 Å². The van der Waals surface area contributed by atoms with Gasteiger partial charge in [0.05, 0.1) is 24.5 Å². The fourth-order valence-corrected chi connectivity index (χ4v) is 7.12. The van der Waals surface area contributed by atoms with Crippen LogP contribution in [0.5, 0.6) is 11.5 Å². The van der Waals surface area contributed by atoms with E-state index in [0.717, 1.165) is 12.8 Å². The Morgan fingerprint density at radius 1 is 1.16 bits per heavy atom. The lowest BCUT2D eigenvalue weighted by Crippen LogP contribution is -2.48. The van der Waals surface area contributed by atoms with E-state index in [0.29, 0.717) is 34.4 Å². The van der Waals surface area contributed by atoms with Crippen LogP contribution in [0.1, 0.15) is 30.7 Å². The number of hydrogen-bond acceptors (Lipinski definition) is 6. The third-order valence-electron chi connectivity index (χ3n) is 5.16. The zero-order valence-corrected chi connectivity index (χ0v) is 20.6. The molecule has 1 aliphatic rings. The molecular weight excluding hydrogens is 472 g/mol. The summed E-state index contributed by atoms with van der Waals surface area (Å²) < 4.78 is 39.4. The van der Waals surface area contributed by atoms with Crippen molar-refractivity contribution in [1.82, 2.24) is 9.62 Å². The van der Waals surface area contributed by atoms with Gasteiger partial charge in [-0.1, -0.05) is 31.0 Å². The zero-order chi connectivity index (χ0) is 23.3. The minimum Gasteiger partial charge on any atom is -0.493 e. The number of sulfonamides is 1. The van der Waals surface area contributed by atoms with Crippen LogP contribution in [0.4, 0.5) is 0 Å². The highest BCUT2D eigenvalue weighted by molar-refractivity contribution is 8.01. The highest BCUT2D eigenvalue weighted by atomic mass is 35.5. The fourth-order valence-electron chi connectivity index (χ4n) is 3.46. The summed E-state index contributed by atoms with van der Waals surface area (Å²) in [5.41, 5.74) is 0.703. The number of carbonyl (C=O) groups is 1. The molecule has 0 aromatic heterocycles. The molecule has 2 aromatic rings. The maximum Gasteiger partial charge on any atom is 0.245 e. The van der Waals surface area contributed by atoms with Crippen molar-refractivity contribution in [1.29, 1.82) is 0 Å². The second-order valence-corrected chi connectivity index (χ2v) is 10.6. The Labute approximate surface area is 198 Å². The lowest BCUT2D eigenvalue weighted by Gasteiger charge is -2.28. The average Bonchev–Trinajstić information content (AvgIpc) is 3.25. The van der Waals surface area contributed by atoms with Crippen molar-refractivity contribution < 1.29 is 22.7 Å². The summed E-state index contributed by atoms with van der Waals surface area (Å²) >= 11 is 7.36. The predicted molar refractivity (Wildman–Crippen MR) is 127 cm³/mol. The van der Waals surface area contributed by atoms with E-state index in [4.69, 9.17) is 21.1 Å². The molecule has 1 aliphatic heterocycles. The first-order chi connectivity index (χ1) is 15.3. The first-order valence-corrected chi connectivity index (χ1v) is 13.1. The van der Waals surface area contributed by atoms with Crippen molar-refractivity contribution in [2.24, 2.45) is 0 Å². The molecule has 0 spiro atoms. The van der Waals surface area contributed by atoms with Crippen molar-refractivity contribution in [3.8, 4) is 11.5 Å². The minimum atomic E-state index is -3.99. The summed E-state index contributed by atoms with van der Waals surface area (Å²) in [4.78, 5) is 13.1. The van der Waals surface area contributed by atoms with Gasteiger partial charge < -0.3 is 14.8 Å². The van der Waals surface area contributed by atoms with Gasteiger partial charge >= 0.3 is 0 Å². The Hall–Kier alpha value is -1.94. The molecule has 1 amide bonds. The molecule has 0 bridgehead atoms. The van der Waals surface area contributed by atoms with Crippen LogP contribution >= 0.6 is 23.4 Å². The van der Waals surface area contributed by atoms with Gasteiger partial charge in [0.25, 0.3) is 0 Å². The number of thioether (sulfide) groups is 1. The maximum atomic E-state index is 13.7. The predicted octanol–water partition coefficient (Wildman–Crippen LogP) is 4.08. The summed E-state index contributed by atoms with van der Waals surface area (Å²) in [5, 5.41) is 2.71. The number of nitrogens with zero attached hydrogens (tertiary/aromatic N) is 1. The highest BCUT2D eigenvalue weighted by Crippen LogP contribution is 2.46. The standard InChI is InChI=1S/C22H27ClN2O5S2/c1-4-5-12-24-21(26)18-14-31-22(15-6-11-19(29-2)20(13-15)30-3)25(18)32(27,28)17-9-7-16(23)8-10-17/h6-11,13,18,22H,4-5,12,14H2,1-3H3,(H,24,26)/t18-,22?/m1/s1. The Bertz CT molecular complexity index is 1050. The normalized spacial score (nSPS) is 19.0. The van der Waals surface area contributed by atoms with E-state index in [9.17, 15) is 13.2 Å². The minimum absolute atomic E-state index is 0.0845. The Morgan fingerprint density at radius 3 is 2.47 bits per heavy atom. The summed E-state index contributed by atoms with van der Waals surface area (Å²) in [7, 11) is -0.931. The van der Waals surface area contributed by atoms with E-state index in [-0.39, 0.29) is 10.8 Å². The third kappa shape index (κ3) is 5.17. The van der Waals surface area contributed by atoms with Gasteiger partial charge in [-0.05, 0) is 48.4 Å². The first-order valence-electron chi connectivity index (χ1n) is 10.2. The smallest absolute Gasteiger partial charge is 0.245 e. The second kappa shape index (κ2) is 10.8. The van der Waals surface area contributed by atoms with E-state index < -0.39 is 21.4 Å². The van der Waals surface area contributed by atoms with Gasteiger partial charge in [-0.15, -0.1) is 11.8 Å². The molecule has 7 nitrogen and oxygen atoms in total. The number of unbranched alkanes of at least 4 members (excludes halogenated alkanes) is 1. The van der Waals surface area contributed by atoms with Crippen molar-refractivity contribution in [3.05, 3.63) is 53.1 Å². The molecule has 2 atom stereocenters. The molecule has 174 valence electrons. The Morgan fingerprint density at radius 2 is 1.84 bits per heavy atom. The summed E-state index contributed by atoms with van der Waals surface area (Å²) in [5.74, 6) is 1.07. The molecule has 0 aliphatic carbocycles. The highest BCUT2D eigenvalue weighted by Gasteiger charge is 2.47. The Kier molecular flexibility index (Phi) is 8.32. The largest absolute Gasteiger partial charge is 0.493 e. The summed E-state index contributed by atoms with van der Waals surface area (Å²) in [6, 6.07) is 10.4. The van der Waals surface area contributed by atoms with E-state index >= 15 is 0 Å². The molecule has 1 N–H and O–H groups in total. The molecule has 1 unspecified atom stereocenters. The van der Waals surface area contributed by atoms with Gasteiger partial charge in [0.1, 0.15) is 6.04 Å². The van der Waals surface area contributed by atoms with Crippen molar-refractivity contribution in [2.45, 2.75) is 36.1 Å². The molecule has 1 saturated heterocycles. The quantitative estimate of drug-likeness (QED) is 0.524. The fraction of sp³-hybridized carbons (Fsp3) is 0.409.